The standard InChI is InChI=1S/C3H7NO.CHCl3/c1-2-3(4)5;2-1(3)4/h2H2,1H3,(H2,4,5);1H. The molecule has 0 saturated heterocycles. The molecule has 9 heavy (non-hydrogen) atoms. The van der Waals surface area contributed by atoms with Crippen molar-refractivity contribution in [1.29, 1.82) is 0 Å². The van der Waals surface area contributed by atoms with Crippen molar-refractivity contribution in [2.75, 3.05) is 0 Å². The zero-order valence-electron chi connectivity index (χ0n) is 4.90. The van der Waals surface area contributed by atoms with Crippen molar-refractivity contribution in [3.05, 3.63) is 0 Å². The van der Waals surface area contributed by atoms with Gasteiger partial charge in [-0.25, -0.2) is 0 Å². The fourth-order valence-electron chi connectivity index (χ4n) is 0. The summed E-state index contributed by atoms with van der Waals surface area (Å²) < 4.78 is -0.750. The maximum atomic E-state index is 9.59. The first-order valence-electron chi connectivity index (χ1n) is 2.21. The lowest BCUT2D eigenvalue weighted by atomic mass is 10.5. The monoisotopic (exact) mass is 191 g/mol. The van der Waals surface area contributed by atoms with Crippen molar-refractivity contribution in [3.8, 4) is 0 Å². The lowest BCUT2D eigenvalue weighted by Crippen LogP contribution is -2.06. The van der Waals surface area contributed by atoms with Gasteiger partial charge in [-0.15, -0.1) is 0 Å². The van der Waals surface area contributed by atoms with Gasteiger partial charge in [0.2, 0.25) is 5.91 Å². The van der Waals surface area contributed by atoms with Gasteiger partial charge in [0.05, 0.1) is 0 Å². The Labute approximate surface area is 69.3 Å². The highest BCUT2D eigenvalue weighted by Gasteiger charge is 1.79. The summed E-state index contributed by atoms with van der Waals surface area (Å²) in [6, 6.07) is 0. The number of hydrogen-bond donors (Lipinski definition) is 1. The van der Waals surface area contributed by atoms with Crippen molar-refractivity contribution in [1.82, 2.24) is 0 Å². The Balaban J connectivity index is 0. The molecule has 0 aromatic carbocycles. The lowest BCUT2D eigenvalue weighted by Gasteiger charge is -1.73. The van der Waals surface area contributed by atoms with E-state index in [2.05, 4.69) is 5.73 Å². The zero-order chi connectivity index (χ0) is 7.86. The largest absolute Gasteiger partial charge is 0.370 e. The van der Waals surface area contributed by atoms with Crippen LogP contribution in [0, 0.1) is 0 Å². The van der Waals surface area contributed by atoms with Crippen molar-refractivity contribution in [3.63, 3.8) is 0 Å². The van der Waals surface area contributed by atoms with Crippen molar-refractivity contribution in [2.24, 2.45) is 5.73 Å². The van der Waals surface area contributed by atoms with Gasteiger partial charge >= 0.3 is 0 Å². The molecule has 0 fully saturated rings. The summed E-state index contributed by atoms with van der Waals surface area (Å²) in [5.74, 6) is -0.245. The minimum atomic E-state index is -0.750. The van der Waals surface area contributed by atoms with Crippen LogP contribution in [0.2, 0.25) is 0 Å². The molecule has 0 saturated carbocycles. The molecular weight excluding hydrogens is 184 g/mol. The van der Waals surface area contributed by atoms with Gasteiger partial charge in [0, 0.05) is 6.42 Å². The number of nitrogens with two attached hydrogens (primary N) is 1. The van der Waals surface area contributed by atoms with Gasteiger partial charge in [-0.3, -0.25) is 4.79 Å². The number of rotatable bonds is 1. The van der Waals surface area contributed by atoms with Crippen LogP contribution in [0.15, 0.2) is 0 Å². The molecule has 1 amide bonds. The highest BCUT2D eigenvalue weighted by molar-refractivity contribution is 6.63. The van der Waals surface area contributed by atoms with Crippen LogP contribution in [0.25, 0.3) is 0 Å². The summed E-state index contributed by atoms with van der Waals surface area (Å²) >= 11 is 14.4. The summed E-state index contributed by atoms with van der Waals surface area (Å²) in [5, 5.41) is 0. The second-order valence-corrected chi connectivity index (χ2v) is 3.05. The van der Waals surface area contributed by atoms with Crippen LogP contribution in [0.1, 0.15) is 13.3 Å². The molecule has 0 bridgehead atoms. The van der Waals surface area contributed by atoms with E-state index in [1.807, 2.05) is 0 Å². The van der Waals surface area contributed by atoms with Crippen LogP contribution in [0.4, 0.5) is 0 Å². The quantitative estimate of drug-likeness (QED) is 0.633. The Morgan fingerprint density at radius 2 is 1.67 bits per heavy atom. The van der Waals surface area contributed by atoms with E-state index in [1.165, 1.54) is 0 Å². The summed E-state index contributed by atoms with van der Waals surface area (Å²) in [6.07, 6.45) is 0.444. The SMILES string of the molecule is CCC(N)=O.ClC(Cl)Cl. The molecule has 2 nitrogen and oxygen atoms in total. The Morgan fingerprint density at radius 3 is 1.67 bits per heavy atom. The van der Waals surface area contributed by atoms with Gasteiger partial charge in [-0.2, -0.15) is 0 Å². The summed E-state index contributed by atoms with van der Waals surface area (Å²) in [6.45, 7) is 1.72. The highest BCUT2D eigenvalue weighted by Crippen LogP contribution is 2.03. The fourth-order valence-corrected chi connectivity index (χ4v) is 0. The van der Waals surface area contributed by atoms with E-state index >= 15 is 0 Å². The molecule has 0 aliphatic rings. The third-order valence-electron chi connectivity index (χ3n) is 0.348. The molecule has 2 N–H and O–H groups in total. The number of carbonyl (C=O) groups excluding carboxylic acids is 1. The molecule has 0 atom stereocenters. The van der Waals surface area contributed by atoms with E-state index in [4.69, 9.17) is 34.8 Å². The van der Waals surface area contributed by atoms with Crippen LogP contribution in [0.3, 0.4) is 0 Å². The average Bonchev–Trinajstić information content (AvgIpc) is 1.65. The predicted molar refractivity (Wildman–Crippen MR) is 40.8 cm³/mol. The minimum absolute atomic E-state index is 0.245. The summed E-state index contributed by atoms with van der Waals surface area (Å²) in [4.78, 5) is 9.59. The lowest BCUT2D eigenvalue weighted by molar-refractivity contribution is -0.117. The number of primary amides is 1. The van der Waals surface area contributed by atoms with E-state index in [9.17, 15) is 4.79 Å². The van der Waals surface area contributed by atoms with Gasteiger partial charge in [0.15, 0.2) is 4.30 Å². The molecular formula is C4H8Cl3NO. The molecule has 0 aliphatic carbocycles. The van der Waals surface area contributed by atoms with E-state index in [0.717, 1.165) is 0 Å². The molecule has 0 rings (SSSR count). The number of amides is 1. The normalized spacial score (nSPS) is 8.11. The van der Waals surface area contributed by atoms with E-state index in [0.29, 0.717) is 6.42 Å². The second-order valence-electron chi connectivity index (χ2n) is 1.07. The zero-order valence-corrected chi connectivity index (χ0v) is 7.17. The van der Waals surface area contributed by atoms with Crippen molar-refractivity contribution < 1.29 is 4.79 Å². The summed E-state index contributed by atoms with van der Waals surface area (Å²) in [7, 11) is 0. The predicted octanol–water partition coefficient (Wildman–Crippen LogP) is 1.87. The molecule has 0 aliphatic heterocycles. The van der Waals surface area contributed by atoms with Crippen LogP contribution >= 0.6 is 34.8 Å². The van der Waals surface area contributed by atoms with Gasteiger partial charge in [-0.1, -0.05) is 41.7 Å². The number of halogens is 3. The number of hydrogen-bond acceptors (Lipinski definition) is 1. The van der Waals surface area contributed by atoms with Gasteiger partial charge in [0.25, 0.3) is 0 Å². The maximum Gasteiger partial charge on any atom is 0.217 e. The van der Waals surface area contributed by atoms with Gasteiger partial charge in [0.1, 0.15) is 0 Å². The number of alkyl halides is 3. The Morgan fingerprint density at radius 1 is 1.56 bits per heavy atom. The molecule has 0 spiro atoms. The van der Waals surface area contributed by atoms with E-state index < -0.39 is 4.30 Å². The van der Waals surface area contributed by atoms with E-state index in [1.54, 1.807) is 6.92 Å². The molecule has 5 heteroatoms. The van der Waals surface area contributed by atoms with Crippen LogP contribution in [0.5, 0.6) is 0 Å². The van der Waals surface area contributed by atoms with E-state index in [-0.39, 0.29) is 5.91 Å². The molecule has 0 aromatic rings. The van der Waals surface area contributed by atoms with Crippen LogP contribution < -0.4 is 5.73 Å². The van der Waals surface area contributed by atoms with Crippen LogP contribution in [-0.2, 0) is 4.79 Å². The maximum absolute atomic E-state index is 9.59. The Hall–Kier alpha value is 0.340. The molecule has 56 valence electrons. The second kappa shape index (κ2) is 8.34. The Kier molecular flexibility index (Phi) is 11.2. The third kappa shape index (κ3) is 61.2. The first-order valence-corrected chi connectivity index (χ1v) is 3.52. The summed E-state index contributed by atoms with van der Waals surface area (Å²) in [5.41, 5.74) is 4.65. The molecule has 0 unspecified atom stereocenters. The average molecular weight is 192 g/mol. The molecule has 0 radical (unpaired) electrons. The van der Waals surface area contributed by atoms with Gasteiger partial charge in [-0.05, 0) is 0 Å². The van der Waals surface area contributed by atoms with Gasteiger partial charge < -0.3 is 5.73 Å². The van der Waals surface area contributed by atoms with Crippen molar-refractivity contribution in [2.45, 2.75) is 17.6 Å². The fraction of sp³-hybridized carbons (Fsp3) is 0.750. The van der Waals surface area contributed by atoms with Crippen molar-refractivity contribution >= 4 is 40.7 Å². The highest BCUT2D eigenvalue weighted by atomic mass is 35.6. The molecule has 0 heterocycles. The van der Waals surface area contributed by atoms with Crippen LogP contribution in [-0.4, -0.2) is 10.2 Å². The smallest absolute Gasteiger partial charge is 0.217 e. The third-order valence-corrected chi connectivity index (χ3v) is 0.348. The Bertz CT molecular complexity index is 73.5. The number of carbonyl (C=O) groups is 1. The molecule has 0 aromatic heterocycles. The minimum Gasteiger partial charge on any atom is -0.370 e. The topological polar surface area (TPSA) is 43.1 Å². The first kappa shape index (κ1) is 12.1. The first-order chi connectivity index (χ1) is 4.00.